The molecule has 196 valence electrons. The van der Waals surface area contributed by atoms with Crippen molar-refractivity contribution in [3.63, 3.8) is 0 Å². The molecule has 0 amide bonds. The average molecular weight is 500 g/mol. The van der Waals surface area contributed by atoms with Gasteiger partial charge in [-0.1, -0.05) is 19.1 Å². The highest BCUT2D eigenvalue weighted by atomic mass is 16.7. The Hall–Kier alpha value is -2.43. The van der Waals surface area contributed by atoms with E-state index >= 15 is 0 Å². The van der Waals surface area contributed by atoms with Gasteiger partial charge in [0, 0.05) is 61.6 Å². The van der Waals surface area contributed by atoms with Crippen molar-refractivity contribution in [1.29, 1.82) is 0 Å². The molecule has 2 unspecified atom stereocenters. The van der Waals surface area contributed by atoms with Gasteiger partial charge in [0.1, 0.15) is 11.5 Å². The van der Waals surface area contributed by atoms with Gasteiger partial charge in [0.15, 0.2) is 13.6 Å². The van der Waals surface area contributed by atoms with Crippen molar-refractivity contribution in [3.05, 3.63) is 47.5 Å². The lowest BCUT2D eigenvalue weighted by atomic mass is 9.85. The topological polar surface area (TPSA) is 104 Å². The molecule has 2 aromatic rings. The van der Waals surface area contributed by atoms with Crippen molar-refractivity contribution in [1.82, 2.24) is 0 Å². The molecule has 0 aliphatic carbocycles. The van der Waals surface area contributed by atoms with E-state index in [0.29, 0.717) is 18.2 Å². The molecular formula is C25H38B2N2O7. The third kappa shape index (κ3) is 6.10. The first kappa shape index (κ1) is 28.1. The molecule has 0 spiro atoms. The van der Waals surface area contributed by atoms with Crippen molar-refractivity contribution in [3.8, 4) is 11.5 Å². The Balaban J connectivity index is 0.000000201. The molecule has 2 heterocycles. The summed E-state index contributed by atoms with van der Waals surface area (Å²) >= 11 is 0. The summed E-state index contributed by atoms with van der Waals surface area (Å²) in [5.41, 5.74) is 4.12. The van der Waals surface area contributed by atoms with Crippen LogP contribution in [0.2, 0.25) is 13.6 Å². The molecule has 11 heteroatoms. The molecule has 0 saturated heterocycles. The van der Waals surface area contributed by atoms with Crippen LogP contribution in [0.4, 0.5) is 11.4 Å². The number of aliphatic hydroxyl groups excluding tert-OH is 1. The van der Waals surface area contributed by atoms with E-state index in [1.54, 1.807) is 27.9 Å². The van der Waals surface area contributed by atoms with Crippen LogP contribution in [0.3, 0.4) is 0 Å². The lowest BCUT2D eigenvalue weighted by Crippen LogP contribution is -2.36. The van der Waals surface area contributed by atoms with Gasteiger partial charge in [-0.3, -0.25) is 0 Å². The molecule has 0 radical (unpaired) electrons. The Kier molecular flexibility index (Phi) is 10.3. The minimum absolute atomic E-state index is 0.0313. The predicted octanol–water partition coefficient (Wildman–Crippen LogP) is 2.77. The highest BCUT2D eigenvalue weighted by molar-refractivity contribution is 6.54. The summed E-state index contributed by atoms with van der Waals surface area (Å²) in [5.74, 6) is 1.94. The van der Waals surface area contributed by atoms with Gasteiger partial charge >= 0.3 is 14.1 Å². The zero-order valence-electron chi connectivity index (χ0n) is 21.9. The minimum Gasteiger partial charge on any atom is -0.467 e. The number of hydrogen-bond donors (Lipinski definition) is 3. The number of anilines is 2. The maximum atomic E-state index is 9.84. The van der Waals surface area contributed by atoms with E-state index in [1.165, 1.54) is 5.56 Å². The van der Waals surface area contributed by atoms with Crippen LogP contribution >= 0.6 is 0 Å². The van der Waals surface area contributed by atoms with Crippen molar-refractivity contribution >= 4 is 25.5 Å². The summed E-state index contributed by atoms with van der Waals surface area (Å²) in [6.45, 7) is 7.56. The first-order valence-corrected chi connectivity index (χ1v) is 12.4. The Bertz CT molecular complexity index is 902. The lowest BCUT2D eigenvalue weighted by molar-refractivity contribution is 0.0500. The van der Waals surface area contributed by atoms with Crippen LogP contribution in [-0.2, 0) is 9.47 Å². The number of nitrogens with zero attached hydrogens (tertiary/aromatic N) is 2. The van der Waals surface area contributed by atoms with E-state index in [4.69, 9.17) is 18.9 Å². The maximum absolute atomic E-state index is 9.84. The van der Waals surface area contributed by atoms with Crippen LogP contribution in [0.25, 0.3) is 0 Å². The number of methoxy groups -OCH3 is 2. The molecule has 0 saturated carbocycles. The minimum atomic E-state index is -0.585. The molecule has 0 bridgehead atoms. The summed E-state index contributed by atoms with van der Waals surface area (Å²) in [5, 5.41) is 29.1. The number of benzene rings is 2. The van der Waals surface area contributed by atoms with Crippen LogP contribution in [0.15, 0.2) is 36.4 Å². The van der Waals surface area contributed by atoms with Crippen LogP contribution in [0.1, 0.15) is 36.3 Å². The van der Waals surface area contributed by atoms with E-state index < -0.39 is 14.1 Å². The Labute approximate surface area is 214 Å². The molecule has 2 aliphatic rings. The molecule has 9 nitrogen and oxygen atoms in total. The Morgan fingerprint density at radius 3 is 1.64 bits per heavy atom. The second kappa shape index (κ2) is 13.2. The van der Waals surface area contributed by atoms with Gasteiger partial charge in [0.25, 0.3) is 0 Å². The largest absolute Gasteiger partial charge is 0.467 e. The maximum Gasteiger partial charge on any atom is 0.409 e. The summed E-state index contributed by atoms with van der Waals surface area (Å²) in [6.07, 6.45) is 1.03. The predicted molar refractivity (Wildman–Crippen MR) is 143 cm³/mol. The smallest absolute Gasteiger partial charge is 0.409 e. The van der Waals surface area contributed by atoms with E-state index in [9.17, 15) is 15.2 Å². The summed E-state index contributed by atoms with van der Waals surface area (Å²) in [4.78, 5) is 3.87. The van der Waals surface area contributed by atoms with E-state index in [2.05, 4.69) is 6.92 Å². The SMILES string of the molecule is CCC1CN(B(C)O)c2cccc(OCOC)c21.COCOc1cccc2c1C(CO)CN2B(C)O. The normalized spacial score (nSPS) is 17.8. The second-order valence-electron chi connectivity index (χ2n) is 9.03. The highest BCUT2D eigenvalue weighted by Crippen LogP contribution is 2.44. The summed E-state index contributed by atoms with van der Waals surface area (Å²) in [6, 6.07) is 11.6. The first-order chi connectivity index (χ1) is 17.4. The van der Waals surface area contributed by atoms with E-state index in [-0.39, 0.29) is 26.1 Å². The number of ether oxygens (including phenoxy) is 4. The van der Waals surface area contributed by atoms with Crippen molar-refractivity contribution in [2.75, 3.05) is 57.1 Å². The van der Waals surface area contributed by atoms with Gasteiger partial charge in [0.2, 0.25) is 0 Å². The van der Waals surface area contributed by atoms with Gasteiger partial charge in [-0.15, -0.1) is 0 Å². The van der Waals surface area contributed by atoms with Gasteiger partial charge in [-0.05, 0) is 44.3 Å². The third-order valence-electron chi connectivity index (χ3n) is 6.64. The fourth-order valence-corrected chi connectivity index (χ4v) is 4.93. The number of hydrogen-bond acceptors (Lipinski definition) is 9. The molecule has 4 rings (SSSR count). The van der Waals surface area contributed by atoms with Gasteiger partial charge < -0.3 is 43.7 Å². The number of aliphatic hydroxyl groups is 1. The molecule has 2 atom stereocenters. The molecule has 2 aliphatic heterocycles. The molecular weight excluding hydrogens is 462 g/mol. The van der Waals surface area contributed by atoms with Gasteiger partial charge in [0.05, 0.1) is 6.61 Å². The average Bonchev–Trinajstić information content (AvgIpc) is 3.46. The number of fused-ring (bicyclic) bond motifs is 2. The van der Waals surface area contributed by atoms with E-state index in [1.807, 2.05) is 46.0 Å². The number of rotatable bonds is 10. The zero-order chi connectivity index (χ0) is 26.2. The quantitative estimate of drug-likeness (QED) is 0.336. The van der Waals surface area contributed by atoms with Crippen LogP contribution in [0, 0.1) is 0 Å². The van der Waals surface area contributed by atoms with Crippen molar-refractivity contribution in [2.45, 2.75) is 38.8 Å². The van der Waals surface area contributed by atoms with Crippen LogP contribution in [-0.4, -0.2) is 76.8 Å². The molecule has 2 aromatic carbocycles. The lowest BCUT2D eigenvalue weighted by Gasteiger charge is -2.20. The Morgan fingerprint density at radius 2 is 1.25 bits per heavy atom. The monoisotopic (exact) mass is 500 g/mol. The molecule has 0 aromatic heterocycles. The van der Waals surface area contributed by atoms with Crippen molar-refractivity contribution in [2.24, 2.45) is 0 Å². The third-order valence-corrected chi connectivity index (χ3v) is 6.64. The highest BCUT2D eigenvalue weighted by Gasteiger charge is 2.35. The molecule has 3 N–H and O–H groups in total. The van der Waals surface area contributed by atoms with Crippen molar-refractivity contribution < 1.29 is 34.1 Å². The Morgan fingerprint density at radius 1 is 0.806 bits per heavy atom. The first-order valence-electron chi connectivity index (χ1n) is 12.4. The van der Waals surface area contributed by atoms with Crippen LogP contribution < -0.4 is 19.1 Å². The van der Waals surface area contributed by atoms with Crippen LogP contribution in [0.5, 0.6) is 11.5 Å². The zero-order valence-corrected chi connectivity index (χ0v) is 21.9. The fraction of sp³-hybridized carbons (Fsp3) is 0.520. The molecule has 0 fully saturated rings. The van der Waals surface area contributed by atoms with E-state index in [0.717, 1.165) is 35.7 Å². The summed E-state index contributed by atoms with van der Waals surface area (Å²) in [7, 11) is 2.12. The van der Waals surface area contributed by atoms with Gasteiger partial charge in [-0.25, -0.2) is 0 Å². The molecule has 36 heavy (non-hydrogen) atoms. The van der Waals surface area contributed by atoms with Gasteiger partial charge in [-0.2, -0.15) is 0 Å². The summed E-state index contributed by atoms with van der Waals surface area (Å²) < 4.78 is 21.0. The second-order valence-corrected chi connectivity index (χ2v) is 9.03. The fourth-order valence-electron chi connectivity index (χ4n) is 4.93. The standard InChI is InChI=1S/C13H20BNO3.C12H18BNO4/c1-4-10-8-15(14(2)16)11-6-5-7-12(13(10)11)18-9-17-3;1-13(16)14-6-9(7-15)12-10(14)4-3-5-11(12)18-8-17-2/h5-7,10,16H,4,8-9H2,1-3H3;3-5,9,15-16H,6-8H2,1-2H3.